The van der Waals surface area contributed by atoms with Crippen LogP contribution >= 0.6 is 0 Å². The SMILES string of the molecule is CCC(C)S(=O)(=O)CCCCS(=O)O. The fraction of sp³-hybridized carbons (Fsp3) is 1.00. The third-order valence-corrected chi connectivity index (χ3v) is 5.24. The van der Waals surface area contributed by atoms with Crippen molar-refractivity contribution in [3.05, 3.63) is 0 Å². The topological polar surface area (TPSA) is 71.4 Å². The third kappa shape index (κ3) is 5.72. The van der Waals surface area contributed by atoms with Gasteiger partial charge < -0.3 is 4.55 Å². The van der Waals surface area contributed by atoms with Crippen molar-refractivity contribution in [3.63, 3.8) is 0 Å². The molecular formula is C8H18O4S2. The molecule has 0 aliphatic carbocycles. The fourth-order valence-electron chi connectivity index (χ4n) is 0.984. The van der Waals surface area contributed by atoms with Gasteiger partial charge in [-0.1, -0.05) is 6.92 Å². The molecule has 0 saturated heterocycles. The first kappa shape index (κ1) is 14.1. The molecule has 0 fully saturated rings. The highest BCUT2D eigenvalue weighted by molar-refractivity contribution is 7.92. The Morgan fingerprint density at radius 2 is 1.93 bits per heavy atom. The molecule has 0 aromatic heterocycles. The molecule has 0 aliphatic rings. The van der Waals surface area contributed by atoms with Gasteiger partial charge in [-0.3, -0.25) is 0 Å². The van der Waals surface area contributed by atoms with Gasteiger partial charge >= 0.3 is 0 Å². The first-order chi connectivity index (χ1) is 6.40. The summed E-state index contributed by atoms with van der Waals surface area (Å²) in [5.41, 5.74) is 0. The molecule has 0 aliphatic heterocycles. The van der Waals surface area contributed by atoms with Gasteiger partial charge in [0, 0.05) is 5.75 Å². The smallest absolute Gasteiger partial charge is 0.152 e. The maximum absolute atomic E-state index is 11.5. The van der Waals surface area contributed by atoms with Crippen molar-refractivity contribution in [1.29, 1.82) is 0 Å². The van der Waals surface area contributed by atoms with Crippen LogP contribution in [0.15, 0.2) is 0 Å². The van der Waals surface area contributed by atoms with Crippen LogP contribution in [-0.4, -0.2) is 33.9 Å². The summed E-state index contributed by atoms with van der Waals surface area (Å²) < 4.78 is 41.7. The van der Waals surface area contributed by atoms with Gasteiger partial charge in [0.05, 0.1) is 11.0 Å². The molecule has 0 aromatic carbocycles. The van der Waals surface area contributed by atoms with Crippen LogP contribution in [-0.2, 0) is 20.9 Å². The molecule has 86 valence electrons. The minimum absolute atomic E-state index is 0.124. The van der Waals surface area contributed by atoms with E-state index in [0.29, 0.717) is 19.3 Å². The van der Waals surface area contributed by atoms with Gasteiger partial charge in [-0.2, -0.15) is 0 Å². The molecular weight excluding hydrogens is 224 g/mol. The highest BCUT2D eigenvalue weighted by Crippen LogP contribution is 2.08. The van der Waals surface area contributed by atoms with Gasteiger partial charge in [0.1, 0.15) is 0 Å². The number of rotatable bonds is 7. The predicted molar refractivity (Wildman–Crippen MR) is 58.4 cm³/mol. The van der Waals surface area contributed by atoms with Crippen molar-refractivity contribution in [1.82, 2.24) is 0 Å². The lowest BCUT2D eigenvalue weighted by Gasteiger charge is -2.09. The Labute approximate surface area is 88.3 Å². The van der Waals surface area contributed by atoms with Gasteiger partial charge in [-0.15, -0.1) is 0 Å². The van der Waals surface area contributed by atoms with Crippen LogP contribution in [0.5, 0.6) is 0 Å². The van der Waals surface area contributed by atoms with Gasteiger partial charge in [0.15, 0.2) is 20.9 Å². The zero-order valence-corrected chi connectivity index (χ0v) is 10.2. The van der Waals surface area contributed by atoms with Crippen LogP contribution in [0.3, 0.4) is 0 Å². The summed E-state index contributed by atoms with van der Waals surface area (Å²) in [5.74, 6) is 0.287. The summed E-state index contributed by atoms with van der Waals surface area (Å²) in [6.45, 7) is 3.53. The number of hydrogen-bond acceptors (Lipinski definition) is 3. The van der Waals surface area contributed by atoms with Crippen LogP contribution in [0.2, 0.25) is 0 Å². The number of sulfone groups is 1. The summed E-state index contributed by atoms with van der Waals surface area (Å²) in [4.78, 5) is 0. The quantitative estimate of drug-likeness (QED) is 0.538. The van der Waals surface area contributed by atoms with Crippen molar-refractivity contribution < 1.29 is 17.2 Å². The number of hydrogen-bond donors (Lipinski definition) is 1. The Bertz CT molecular complexity index is 271. The molecule has 0 radical (unpaired) electrons. The van der Waals surface area contributed by atoms with Crippen molar-refractivity contribution in [2.45, 2.75) is 38.4 Å². The molecule has 0 rings (SSSR count). The summed E-state index contributed by atoms with van der Waals surface area (Å²) in [7, 11) is -2.99. The maximum atomic E-state index is 11.5. The molecule has 1 N–H and O–H groups in total. The van der Waals surface area contributed by atoms with Gasteiger partial charge in [0.2, 0.25) is 0 Å². The molecule has 0 aromatic rings. The Hall–Kier alpha value is 0.0600. The van der Waals surface area contributed by atoms with E-state index in [-0.39, 0.29) is 16.8 Å². The Balaban J connectivity index is 3.83. The fourth-order valence-corrected chi connectivity index (χ4v) is 2.95. The van der Waals surface area contributed by atoms with E-state index in [2.05, 4.69) is 0 Å². The lowest BCUT2D eigenvalue weighted by atomic mass is 10.4. The zero-order chi connectivity index (χ0) is 11.2. The molecule has 6 heteroatoms. The number of unbranched alkanes of at least 4 members (excludes halogenated alkanes) is 1. The van der Waals surface area contributed by atoms with Crippen LogP contribution in [0.25, 0.3) is 0 Å². The molecule has 14 heavy (non-hydrogen) atoms. The molecule has 0 heterocycles. The summed E-state index contributed by atoms with van der Waals surface area (Å²) >= 11 is -1.80. The predicted octanol–water partition coefficient (Wildman–Crippen LogP) is 1.20. The Kier molecular flexibility index (Phi) is 6.55. The van der Waals surface area contributed by atoms with E-state index in [1.807, 2.05) is 6.92 Å². The lowest BCUT2D eigenvalue weighted by molar-refractivity contribution is 0.558. The van der Waals surface area contributed by atoms with E-state index in [1.165, 1.54) is 0 Å². The zero-order valence-electron chi connectivity index (χ0n) is 8.60. The van der Waals surface area contributed by atoms with E-state index in [4.69, 9.17) is 4.55 Å². The van der Waals surface area contributed by atoms with Crippen molar-refractivity contribution in [2.75, 3.05) is 11.5 Å². The van der Waals surface area contributed by atoms with Gasteiger partial charge in [-0.25, -0.2) is 12.6 Å². The van der Waals surface area contributed by atoms with Crippen LogP contribution in [0.1, 0.15) is 33.1 Å². The minimum Gasteiger partial charge on any atom is -0.306 e. The Morgan fingerprint density at radius 1 is 1.36 bits per heavy atom. The average molecular weight is 242 g/mol. The van der Waals surface area contributed by atoms with Gasteiger partial charge in [0.25, 0.3) is 0 Å². The third-order valence-electron chi connectivity index (χ3n) is 2.19. The Morgan fingerprint density at radius 3 is 2.36 bits per heavy atom. The van der Waals surface area contributed by atoms with E-state index >= 15 is 0 Å². The molecule has 0 spiro atoms. The molecule has 0 bridgehead atoms. The standard InChI is InChI=1S/C8H18O4S2/c1-3-8(2)14(11,12)7-5-4-6-13(9)10/h8H,3-7H2,1-2H3,(H,9,10). The van der Waals surface area contributed by atoms with E-state index in [9.17, 15) is 12.6 Å². The molecule has 2 atom stereocenters. The molecule has 0 amide bonds. The van der Waals surface area contributed by atoms with Crippen LogP contribution in [0, 0.1) is 0 Å². The monoisotopic (exact) mass is 242 g/mol. The van der Waals surface area contributed by atoms with E-state index in [0.717, 1.165) is 0 Å². The second-order valence-corrected chi connectivity index (χ2v) is 6.91. The van der Waals surface area contributed by atoms with Crippen molar-refractivity contribution >= 4 is 20.9 Å². The van der Waals surface area contributed by atoms with Crippen LogP contribution in [0.4, 0.5) is 0 Å². The van der Waals surface area contributed by atoms with E-state index < -0.39 is 20.9 Å². The summed E-state index contributed by atoms with van der Waals surface area (Å²) in [5, 5.41) is -0.304. The maximum Gasteiger partial charge on any atom is 0.152 e. The first-order valence-electron chi connectivity index (χ1n) is 4.69. The normalized spacial score (nSPS) is 16.5. The van der Waals surface area contributed by atoms with Crippen molar-refractivity contribution in [2.24, 2.45) is 0 Å². The van der Waals surface area contributed by atoms with Crippen LogP contribution < -0.4 is 0 Å². The summed E-state index contributed by atoms with van der Waals surface area (Å²) in [6.07, 6.45) is 1.58. The van der Waals surface area contributed by atoms with Crippen molar-refractivity contribution in [3.8, 4) is 0 Å². The second kappa shape index (κ2) is 6.53. The second-order valence-electron chi connectivity index (χ2n) is 3.32. The van der Waals surface area contributed by atoms with E-state index in [1.54, 1.807) is 6.92 Å². The largest absolute Gasteiger partial charge is 0.306 e. The highest BCUT2D eigenvalue weighted by Gasteiger charge is 2.17. The minimum atomic E-state index is -2.99. The highest BCUT2D eigenvalue weighted by atomic mass is 32.2. The summed E-state index contributed by atoms with van der Waals surface area (Å²) in [6, 6.07) is 0. The average Bonchev–Trinajstić information content (AvgIpc) is 2.10. The van der Waals surface area contributed by atoms with Gasteiger partial charge in [-0.05, 0) is 26.2 Å². The lowest BCUT2D eigenvalue weighted by Crippen LogP contribution is -2.20. The molecule has 2 unspecified atom stereocenters. The first-order valence-corrected chi connectivity index (χ1v) is 7.68. The molecule has 4 nitrogen and oxygen atoms in total. The molecule has 0 saturated carbocycles.